The number of amides is 12. The lowest BCUT2D eigenvalue weighted by molar-refractivity contribution is -0.272. The molecule has 24 atom stereocenters. The molecular weight excluding hydrogens is 1970 g/mol. The number of nitrogens with zero attached hydrogens (tertiary/aromatic N) is 1. The number of ether oxygens (including phenoxy) is 19. The van der Waals surface area contributed by atoms with Crippen molar-refractivity contribution in [1.29, 1.82) is 0 Å². The Labute approximate surface area is 853 Å². The zero-order valence-corrected chi connectivity index (χ0v) is 84.7. The van der Waals surface area contributed by atoms with E-state index < -0.39 is 265 Å². The first-order valence-corrected chi connectivity index (χ1v) is 49.9. The average Bonchev–Trinajstić information content (AvgIpc) is 1.54. The van der Waals surface area contributed by atoms with Crippen molar-refractivity contribution >= 4 is 70.9 Å². The van der Waals surface area contributed by atoms with Gasteiger partial charge in [0.2, 0.25) is 70.9 Å². The molecule has 0 aromatic heterocycles. The Hall–Kier alpha value is -7.64. The summed E-state index contributed by atoms with van der Waals surface area (Å²) < 4.78 is 107. The second-order valence-electron chi connectivity index (χ2n) is 35.6. The van der Waals surface area contributed by atoms with Crippen LogP contribution in [0.4, 0.5) is 0 Å². The summed E-state index contributed by atoms with van der Waals surface area (Å²) in [5, 5.41) is 161. The van der Waals surface area contributed by atoms with E-state index in [0.29, 0.717) is 38.7 Å². The number of aliphatic hydroxyl groups is 13. The molecule has 12 amide bonds. The maximum atomic E-state index is 13.9. The van der Waals surface area contributed by atoms with Gasteiger partial charge in [-0.3, -0.25) is 57.5 Å². The van der Waals surface area contributed by atoms with Crippen LogP contribution in [0.3, 0.4) is 0 Å². The molecule has 0 aliphatic carbocycles. The van der Waals surface area contributed by atoms with Gasteiger partial charge < -0.3 is 220 Å². The third-order valence-corrected chi connectivity index (χ3v) is 23.2. The summed E-state index contributed by atoms with van der Waals surface area (Å²) in [6.45, 7) is 3.77. The maximum absolute atomic E-state index is 13.9. The lowest BCUT2D eigenvalue weighted by atomic mass is 9.97. The molecule has 24 N–H and O–H groups in total. The number of hydrogen-bond acceptors (Lipinski definition) is 44. The molecule has 0 saturated carbocycles. The van der Waals surface area contributed by atoms with Crippen molar-refractivity contribution in [3.05, 3.63) is 0 Å². The fourth-order valence-electron chi connectivity index (χ4n) is 15.7. The number of likely N-dealkylation sites (tertiary alicyclic amines) is 1. The van der Waals surface area contributed by atoms with Gasteiger partial charge in [-0.1, -0.05) is 25.7 Å². The fourth-order valence-corrected chi connectivity index (χ4v) is 15.7. The Morgan fingerprint density at radius 3 is 0.932 bits per heavy atom. The summed E-state index contributed by atoms with van der Waals surface area (Å²) in [6.07, 6.45) is -19.0. The van der Waals surface area contributed by atoms with Gasteiger partial charge in [-0.25, -0.2) is 0 Å². The van der Waals surface area contributed by atoms with Gasteiger partial charge in [0, 0.05) is 86.1 Å². The van der Waals surface area contributed by atoms with Gasteiger partial charge in [0.05, 0.1) is 203 Å². The van der Waals surface area contributed by atoms with Crippen LogP contribution in [-0.2, 0) is 148 Å². The average molecular weight is 2130 g/mol. The molecule has 5 rings (SSSR count). The van der Waals surface area contributed by atoms with Crippen LogP contribution >= 0.6 is 0 Å². The van der Waals surface area contributed by atoms with E-state index in [2.05, 4.69) is 58.5 Å². The third kappa shape index (κ3) is 52.0. The van der Waals surface area contributed by atoms with Crippen LogP contribution in [0, 0.1) is 0 Å². The van der Waals surface area contributed by atoms with E-state index in [1.54, 1.807) is 4.90 Å². The highest BCUT2D eigenvalue weighted by molar-refractivity contribution is 5.90. The van der Waals surface area contributed by atoms with E-state index in [1.807, 2.05) is 13.8 Å². The molecule has 147 heavy (non-hydrogen) atoms. The number of nitrogens with one attached hydrogen (secondary N) is 11. The predicted octanol–water partition coefficient (Wildman–Crippen LogP) is -12.0. The number of carbonyl (C=O) groups is 12. The first kappa shape index (κ1) is 130. The van der Waals surface area contributed by atoms with Crippen molar-refractivity contribution in [2.45, 2.75) is 284 Å². The Balaban J connectivity index is 1.20. The second kappa shape index (κ2) is 75.2. The summed E-state index contributed by atoms with van der Waals surface area (Å²) in [5.41, 5.74) is 0. The van der Waals surface area contributed by atoms with Crippen LogP contribution in [0.25, 0.3) is 0 Å². The molecule has 0 aromatic carbocycles. The van der Waals surface area contributed by atoms with Crippen LogP contribution in [0.1, 0.15) is 125 Å². The molecule has 0 radical (unpaired) electrons. The lowest BCUT2D eigenvalue weighted by Crippen LogP contribution is -2.64. The van der Waals surface area contributed by atoms with Gasteiger partial charge in [-0.05, 0) is 46.0 Å². The molecule has 0 spiro atoms. The Morgan fingerprint density at radius 1 is 0.333 bits per heavy atom. The Bertz CT molecular complexity index is 3550. The minimum Gasteiger partial charge on any atom is -0.394 e. The zero-order valence-electron chi connectivity index (χ0n) is 84.7. The van der Waals surface area contributed by atoms with Gasteiger partial charge in [-0.2, -0.15) is 0 Å². The molecular formula is C91H162N12O44. The number of hydrogen-bond donors (Lipinski definition) is 24. The molecule has 20 unspecified atom stereocenters. The van der Waals surface area contributed by atoms with E-state index in [0.717, 1.165) is 19.3 Å². The third-order valence-electron chi connectivity index (χ3n) is 23.2. The summed E-state index contributed by atoms with van der Waals surface area (Å²) in [6, 6.07) is -8.66. The van der Waals surface area contributed by atoms with E-state index in [1.165, 1.54) is 27.7 Å². The quantitative estimate of drug-likeness (QED) is 0.0251. The fraction of sp³-hybridized carbons (Fsp3) is 0.868. The highest BCUT2D eigenvalue weighted by atomic mass is 16.7. The number of rotatable bonds is 79. The summed E-state index contributed by atoms with van der Waals surface area (Å²) >= 11 is 0. The van der Waals surface area contributed by atoms with Gasteiger partial charge in [0.1, 0.15) is 123 Å². The zero-order chi connectivity index (χ0) is 108. The van der Waals surface area contributed by atoms with E-state index in [4.69, 9.17) is 90.0 Å². The normalized spacial score (nSPS) is 26.2. The van der Waals surface area contributed by atoms with Crippen molar-refractivity contribution < 1.29 is 214 Å². The number of carbonyl (C=O) groups excluding carboxylic acids is 12. The van der Waals surface area contributed by atoms with Gasteiger partial charge >= 0.3 is 0 Å². The molecule has 0 bridgehead atoms. The lowest BCUT2D eigenvalue weighted by Gasteiger charge is -2.42. The minimum atomic E-state index is -1.53. The van der Waals surface area contributed by atoms with Crippen molar-refractivity contribution in [1.82, 2.24) is 63.4 Å². The maximum Gasteiger partial charge on any atom is 0.246 e. The van der Waals surface area contributed by atoms with E-state index in [-0.39, 0.29) is 215 Å². The first-order valence-electron chi connectivity index (χ1n) is 49.9. The predicted molar refractivity (Wildman–Crippen MR) is 504 cm³/mol. The monoisotopic (exact) mass is 2130 g/mol. The van der Waals surface area contributed by atoms with Crippen molar-refractivity contribution in [2.75, 3.05) is 224 Å². The molecule has 56 nitrogen and oxygen atoms in total. The van der Waals surface area contributed by atoms with Crippen molar-refractivity contribution in [3.8, 4) is 0 Å². The molecule has 5 heterocycles. The van der Waals surface area contributed by atoms with Crippen molar-refractivity contribution in [2.24, 2.45) is 0 Å². The van der Waals surface area contributed by atoms with Gasteiger partial charge in [0.25, 0.3) is 0 Å². The first-order chi connectivity index (χ1) is 70.5. The van der Waals surface area contributed by atoms with Crippen LogP contribution in [0.5, 0.6) is 0 Å². The second-order valence-corrected chi connectivity index (χ2v) is 35.6. The topological polar surface area (TPSA) is 779 Å². The SMILES string of the molecule is CC(=O)NC1C(OCCOCCOCCNC(=O)CC[C@@H](NC(=O)COCC(COCC(=O)N[C@H](CCC(=O)NCCOCCOCCOC2OC(CO)C(O)C(O)C2NC(C)=O)C(=O)NCCOCCOCCOC2OC(CO)C(O)C(O)C2NC(C)=O)NC(=O)CCCCCCCCC(=O)N2C[C@H](O)C[C@H]2COC(C)C)C(=O)NCCOCCOCCOC2OC(CO)C(O)C(O)C2NC(C)=O)OC(CO)C(O)C1O. The highest BCUT2D eigenvalue weighted by Gasteiger charge is 2.50. The standard InChI is InChI=1S/C91H162N12O44/c1-54(2)143-51-60-43-61(112)44-103(60)73(118)14-12-10-8-7-9-11-13-70(115)100-59(49-137-52-71(116)101-62(86(127)94-21-25-131-29-33-135-37-41-141-90-76(98-57(5)110)84(125)80(121)66(47-106)146-90)15-17-68(113)92-19-23-129-27-31-133-35-39-139-88-74(96-55(3)108)82(123)78(119)64(45-104)144-88)50-138-53-72(117)102-63(87(128)95-22-26-132-30-34-136-38-42-142-91-77(99-58(6)111)85(126)81(122)67(48-107)147-91)16-18-69(114)93-20-24-130-28-32-134-36-40-140-89-75(97-56(4)109)83(124)79(120)65(46-105)145-89/h54,59-67,74-85,88-91,104-107,112,119-126H,7-53H2,1-6H3,(H,92,113)(H,93,114)(H,94,127)(H,95,128)(H,96,108)(H,97,109)(H,98,110)(H,99,111)(H,100,115)(H,101,116)(H,102,117)/t59?,60-,61+,62+,63+,64?,65?,66?,67?,74?,75?,76?,77?,78?,79?,80?,81?,82?,83?,84?,85?,88?,89?,90?,91?/m0/s1. The summed E-state index contributed by atoms with van der Waals surface area (Å²) in [5.74, 6) is -6.94. The van der Waals surface area contributed by atoms with Crippen LogP contribution in [-0.4, -0.2) is 525 Å². The summed E-state index contributed by atoms with van der Waals surface area (Å²) in [4.78, 5) is 158. The smallest absolute Gasteiger partial charge is 0.246 e. The molecule has 5 fully saturated rings. The van der Waals surface area contributed by atoms with E-state index >= 15 is 0 Å². The number of unbranched alkanes of at least 4 members (excludes halogenated alkanes) is 5. The molecule has 5 saturated heterocycles. The van der Waals surface area contributed by atoms with Crippen LogP contribution in [0.2, 0.25) is 0 Å². The van der Waals surface area contributed by atoms with Gasteiger partial charge in [-0.15, -0.1) is 0 Å². The summed E-state index contributed by atoms with van der Waals surface area (Å²) in [7, 11) is 0. The molecule has 56 heteroatoms. The van der Waals surface area contributed by atoms with Crippen molar-refractivity contribution in [3.63, 3.8) is 0 Å². The Kier molecular flexibility index (Phi) is 66.4. The van der Waals surface area contributed by atoms with E-state index in [9.17, 15) is 124 Å². The van der Waals surface area contributed by atoms with Crippen LogP contribution in [0.15, 0.2) is 0 Å². The van der Waals surface area contributed by atoms with Crippen LogP contribution < -0.4 is 58.5 Å². The molecule has 850 valence electrons. The largest absolute Gasteiger partial charge is 0.394 e. The molecule has 5 aliphatic heterocycles. The molecule has 0 aromatic rings. The Morgan fingerprint density at radius 2 is 0.626 bits per heavy atom. The number of aliphatic hydroxyl groups excluding tert-OH is 13. The number of β-amino-alcohol motifs (C(OH)–C–C–N with tert-alkyl or cyclic N) is 1. The minimum absolute atomic E-state index is 0.00119. The van der Waals surface area contributed by atoms with Gasteiger partial charge in [0.15, 0.2) is 25.2 Å². The molecule has 5 aliphatic rings. The highest BCUT2D eigenvalue weighted by Crippen LogP contribution is 2.28.